The number of nitrogens with one attached hydrogen (secondary N) is 1. The Morgan fingerprint density at radius 2 is 1.95 bits per heavy atom. The van der Waals surface area contributed by atoms with Gasteiger partial charge in [0.05, 0.1) is 6.54 Å². The first-order chi connectivity index (χ1) is 10.7. The summed E-state index contributed by atoms with van der Waals surface area (Å²) in [7, 11) is 0. The third-order valence-electron chi connectivity index (χ3n) is 4.40. The van der Waals surface area contributed by atoms with Crippen LogP contribution >= 0.6 is 12.2 Å². The van der Waals surface area contributed by atoms with Crippen molar-refractivity contribution in [1.29, 1.82) is 0 Å². The highest BCUT2D eigenvalue weighted by Gasteiger charge is 2.44. The zero-order valence-electron chi connectivity index (χ0n) is 12.7. The van der Waals surface area contributed by atoms with Crippen LogP contribution < -0.4 is 5.32 Å². The van der Waals surface area contributed by atoms with Crippen molar-refractivity contribution in [2.24, 2.45) is 10.9 Å². The Kier molecular flexibility index (Phi) is 4.83. The van der Waals surface area contributed by atoms with Gasteiger partial charge in [-0.2, -0.15) is 0 Å². The van der Waals surface area contributed by atoms with Gasteiger partial charge in [0.2, 0.25) is 11.8 Å². The van der Waals surface area contributed by atoms with Gasteiger partial charge in [0.1, 0.15) is 0 Å². The summed E-state index contributed by atoms with van der Waals surface area (Å²) in [6.07, 6.45) is 7.23. The van der Waals surface area contributed by atoms with Gasteiger partial charge in [0.15, 0.2) is 11.0 Å². The highest BCUT2D eigenvalue weighted by Crippen LogP contribution is 2.29. The van der Waals surface area contributed by atoms with Crippen LogP contribution in [-0.4, -0.2) is 65.2 Å². The van der Waals surface area contributed by atoms with Crippen LogP contribution in [0.1, 0.15) is 32.1 Å². The predicted octanol–water partition coefficient (Wildman–Crippen LogP) is 0.565. The van der Waals surface area contributed by atoms with Gasteiger partial charge in [-0.25, -0.2) is 0 Å². The summed E-state index contributed by atoms with van der Waals surface area (Å²) in [5.74, 6) is -1.40. The van der Waals surface area contributed by atoms with Crippen molar-refractivity contribution in [3.63, 3.8) is 0 Å². The van der Waals surface area contributed by atoms with Gasteiger partial charge in [-0.05, 0) is 51.0 Å². The molecular weight excluding hydrogens is 300 g/mol. The number of carbonyl (C=O) groups excluding carboxylic acids is 2. The van der Waals surface area contributed by atoms with E-state index < -0.39 is 5.92 Å². The van der Waals surface area contributed by atoms with Crippen LogP contribution in [0.25, 0.3) is 0 Å². The topological polar surface area (TPSA) is 65.0 Å². The van der Waals surface area contributed by atoms with E-state index in [4.69, 9.17) is 12.2 Å². The Labute approximate surface area is 135 Å². The maximum atomic E-state index is 12.4. The third-order valence-corrected chi connectivity index (χ3v) is 4.69. The van der Waals surface area contributed by atoms with Crippen molar-refractivity contribution in [2.75, 3.05) is 26.2 Å². The molecule has 0 aromatic carbocycles. The molecule has 2 aliphatic heterocycles. The van der Waals surface area contributed by atoms with Crippen molar-refractivity contribution < 1.29 is 9.59 Å². The van der Waals surface area contributed by atoms with Crippen LogP contribution in [0.4, 0.5) is 0 Å². The molecule has 1 atom stereocenters. The Bertz CT molecular complexity index is 498. The minimum Gasteiger partial charge on any atom is -0.302 e. The second-order valence-electron chi connectivity index (χ2n) is 6.17. The molecule has 0 radical (unpaired) electrons. The van der Waals surface area contributed by atoms with Crippen molar-refractivity contribution in [3.8, 4) is 0 Å². The second kappa shape index (κ2) is 6.83. The molecule has 120 valence electrons. The normalized spacial score (nSPS) is 27.5. The van der Waals surface area contributed by atoms with Gasteiger partial charge in [-0.15, -0.1) is 0 Å². The predicted molar refractivity (Wildman–Crippen MR) is 87.7 cm³/mol. The highest BCUT2D eigenvalue weighted by atomic mass is 32.1. The van der Waals surface area contributed by atoms with Crippen molar-refractivity contribution in [2.45, 2.75) is 38.1 Å². The molecule has 0 spiro atoms. The molecular formula is C15H22N4O2S. The number of thiocarbonyl (C=S) groups is 1. The fraction of sp³-hybridized carbons (Fsp3) is 0.733. The lowest BCUT2D eigenvalue weighted by molar-refractivity contribution is -0.138. The average Bonchev–Trinajstić information content (AvgIpc) is 3.32. The molecule has 22 heavy (non-hydrogen) atoms. The van der Waals surface area contributed by atoms with E-state index in [0.717, 1.165) is 32.5 Å². The van der Waals surface area contributed by atoms with Crippen LogP contribution in [-0.2, 0) is 9.59 Å². The fourth-order valence-corrected chi connectivity index (χ4v) is 3.32. The van der Waals surface area contributed by atoms with Crippen LogP contribution in [0.3, 0.4) is 0 Å². The number of carbonyl (C=O) groups is 2. The minimum absolute atomic E-state index is 0.171. The van der Waals surface area contributed by atoms with Crippen molar-refractivity contribution in [3.05, 3.63) is 0 Å². The van der Waals surface area contributed by atoms with E-state index in [-0.39, 0.29) is 23.0 Å². The molecule has 1 unspecified atom stereocenters. The van der Waals surface area contributed by atoms with E-state index in [1.54, 1.807) is 4.90 Å². The molecule has 0 bridgehead atoms. The Hall–Kier alpha value is -1.34. The summed E-state index contributed by atoms with van der Waals surface area (Å²) in [5, 5.41) is 2.86. The van der Waals surface area contributed by atoms with Crippen LogP contribution in [0.2, 0.25) is 0 Å². The summed E-state index contributed by atoms with van der Waals surface area (Å²) in [6, 6.07) is 0.171. The van der Waals surface area contributed by atoms with E-state index in [2.05, 4.69) is 15.2 Å². The third kappa shape index (κ3) is 3.52. The molecule has 2 amide bonds. The number of hydrogen-bond acceptors (Lipinski definition) is 5. The number of hydrogen-bond donors (Lipinski definition) is 1. The summed E-state index contributed by atoms with van der Waals surface area (Å²) in [4.78, 5) is 32.6. The molecule has 2 saturated heterocycles. The minimum atomic E-state index is -0.825. The molecule has 6 nitrogen and oxygen atoms in total. The lowest BCUT2D eigenvalue weighted by Crippen LogP contribution is -2.58. The van der Waals surface area contributed by atoms with E-state index in [1.807, 2.05) is 0 Å². The van der Waals surface area contributed by atoms with Crippen LogP contribution in [0.15, 0.2) is 4.99 Å². The van der Waals surface area contributed by atoms with E-state index in [1.165, 1.54) is 25.5 Å². The highest BCUT2D eigenvalue weighted by molar-refractivity contribution is 7.80. The van der Waals surface area contributed by atoms with E-state index in [9.17, 15) is 9.59 Å². The monoisotopic (exact) mass is 322 g/mol. The molecule has 2 heterocycles. The number of likely N-dealkylation sites (tertiary alicyclic amines) is 1. The summed E-state index contributed by atoms with van der Waals surface area (Å²) >= 11 is 5.09. The van der Waals surface area contributed by atoms with Gasteiger partial charge >= 0.3 is 0 Å². The smallest absolute Gasteiger partial charge is 0.247 e. The molecule has 0 aromatic rings. The maximum absolute atomic E-state index is 12.4. The average molecular weight is 322 g/mol. The molecule has 1 aliphatic carbocycles. The largest absolute Gasteiger partial charge is 0.302 e. The van der Waals surface area contributed by atoms with E-state index >= 15 is 0 Å². The maximum Gasteiger partial charge on any atom is 0.247 e. The summed E-state index contributed by atoms with van der Waals surface area (Å²) < 4.78 is 0. The molecule has 3 aliphatic rings. The van der Waals surface area contributed by atoms with Crippen LogP contribution in [0, 0.1) is 5.92 Å². The molecule has 0 aromatic heterocycles. The van der Waals surface area contributed by atoms with Gasteiger partial charge in [-0.1, -0.05) is 6.42 Å². The number of piperidine rings is 1. The first kappa shape index (κ1) is 15.6. The zero-order chi connectivity index (χ0) is 15.5. The van der Waals surface area contributed by atoms with Crippen molar-refractivity contribution in [1.82, 2.24) is 15.1 Å². The number of nitrogens with zero attached hydrogens (tertiary/aromatic N) is 3. The lowest BCUT2D eigenvalue weighted by atomic mass is 10.1. The van der Waals surface area contributed by atoms with Crippen molar-refractivity contribution >= 4 is 35.4 Å². The molecule has 7 heteroatoms. The Morgan fingerprint density at radius 1 is 1.23 bits per heavy atom. The Balaban J connectivity index is 1.53. The molecule has 3 fully saturated rings. The number of rotatable bonds is 5. The van der Waals surface area contributed by atoms with Gasteiger partial charge < -0.3 is 10.2 Å². The second-order valence-corrected chi connectivity index (χ2v) is 6.56. The molecule has 3 rings (SSSR count). The van der Waals surface area contributed by atoms with E-state index in [0.29, 0.717) is 6.54 Å². The van der Waals surface area contributed by atoms with Gasteiger partial charge in [0.25, 0.3) is 0 Å². The standard InChI is InChI=1S/C15H22N4O2S/c20-13-12(10-16-6-9-18-7-2-1-3-8-18)14(21)19(11-4-5-11)15(22)17-13/h10-12H,1-9H2,(H,17,20,22). The lowest BCUT2D eigenvalue weighted by Gasteiger charge is -2.31. The van der Waals surface area contributed by atoms with Gasteiger partial charge in [-0.3, -0.25) is 19.5 Å². The zero-order valence-corrected chi connectivity index (χ0v) is 13.5. The number of amides is 2. The fourth-order valence-electron chi connectivity index (χ4n) is 2.98. The molecule has 1 N–H and O–H groups in total. The first-order valence-corrected chi connectivity index (χ1v) is 8.48. The SMILES string of the molecule is O=C1NC(=S)N(C2CC2)C(=O)C1C=NCCN1CCCCC1. The Morgan fingerprint density at radius 3 is 2.64 bits per heavy atom. The van der Waals surface area contributed by atoms with Crippen LogP contribution in [0.5, 0.6) is 0 Å². The quantitative estimate of drug-likeness (QED) is 0.456. The van der Waals surface area contributed by atoms with Gasteiger partial charge in [0, 0.05) is 18.8 Å². The first-order valence-electron chi connectivity index (χ1n) is 8.07. The number of aliphatic imine (C=N–C) groups is 1. The summed E-state index contributed by atoms with van der Waals surface area (Å²) in [5.41, 5.74) is 0. The summed E-state index contributed by atoms with van der Waals surface area (Å²) in [6.45, 7) is 3.78. The molecule has 1 saturated carbocycles.